The Kier molecular flexibility index (Phi) is 7.28. The van der Waals surface area contributed by atoms with Crippen molar-refractivity contribution < 1.29 is 0 Å². The van der Waals surface area contributed by atoms with Crippen LogP contribution in [0.5, 0.6) is 0 Å². The number of rotatable bonds is 5. The lowest BCUT2D eigenvalue weighted by Crippen LogP contribution is -2.17. The van der Waals surface area contributed by atoms with E-state index >= 15 is 0 Å². The van der Waals surface area contributed by atoms with Crippen LogP contribution >= 0.6 is 0 Å². The minimum absolute atomic E-state index is 0.0281. The van der Waals surface area contributed by atoms with Crippen molar-refractivity contribution in [3.05, 3.63) is 211 Å². The second kappa shape index (κ2) is 12.5. The monoisotopic (exact) mass is 713 g/mol. The number of fused-ring (bicyclic) bond motifs is 5. The van der Waals surface area contributed by atoms with Gasteiger partial charge in [-0.2, -0.15) is 0 Å². The number of anilines is 3. The van der Waals surface area contributed by atoms with Crippen LogP contribution < -0.4 is 4.90 Å². The van der Waals surface area contributed by atoms with Crippen LogP contribution in [0.25, 0.3) is 77.5 Å². The first-order valence-corrected chi connectivity index (χ1v) is 19.6. The van der Waals surface area contributed by atoms with Gasteiger partial charge in [0.1, 0.15) is 0 Å². The van der Waals surface area contributed by atoms with Crippen molar-refractivity contribution >= 4 is 27.8 Å². The molecular weight excluding hydrogens is 675 g/mol. The molecule has 0 bridgehead atoms. The van der Waals surface area contributed by atoms with Gasteiger partial charge >= 0.3 is 0 Å². The van der Waals surface area contributed by atoms with E-state index in [1.165, 1.54) is 100 Å². The van der Waals surface area contributed by atoms with Gasteiger partial charge in [-0.1, -0.05) is 190 Å². The standard InChI is InChI=1S/C55H39N/c1-55(2)49-27-15-14-24-43(49)48-35-38(29-34-50(48)55)41-30-32-46-47-33-31-42(37-19-8-4-9-20-37)53(45-25-13-12-23-40(45)36-17-6-3-7-18-36)54(47)56(39-21-10-5-11-22-39)51-28-16-26-44(41)52(46)51/h3-35H,1-2H3. The zero-order valence-electron chi connectivity index (χ0n) is 31.5. The molecule has 0 aromatic heterocycles. The Hall–Kier alpha value is -6.96. The van der Waals surface area contributed by atoms with E-state index < -0.39 is 0 Å². The van der Waals surface area contributed by atoms with Gasteiger partial charge in [-0.05, 0) is 96.4 Å². The van der Waals surface area contributed by atoms with Gasteiger partial charge in [0.05, 0.1) is 11.4 Å². The normalized spacial score (nSPS) is 13.3. The van der Waals surface area contributed by atoms with Crippen molar-refractivity contribution in [2.75, 3.05) is 4.90 Å². The molecule has 9 aromatic rings. The Morgan fingerprint density at radius 1 is 0.357 bits per heavy atom. The van der Waals surface area contributed by atoms with E-state index in [2.05, 4.69) is 219 Å². The third-order valence-corrected chi connectivity index (χ3v) is 12.2. The Balaban J connectivity index is 1.21. The largest absolute Gasteiger partial charge is 0.309 e. The first-order valence-electron chi connectivity index (χ1n) is 19.6. The van der Waals surface area contributed by atoms with Crippen LogP contribution in [-0.4, -0.2) is 0 Å². The Labute approximate surface area is 328 Å². The molecule has 0 saturated heterocycles. The quantitative estimate of drug-likeness (QED) is 0.172. The molecule has 1 heterocycles. The molecule has 1 aliphatic heterocycles. The summed E-state index contributed by atoms with van der Waals surface area (Å²) >= 11 is 0. The molecule has 0 N–H and O–H groups in total. The molecule has 1 aliphatic carbocycles. The minimum Gasteiger partial charge on any atom is -0.309 e. The fourth-order valence-electron chi connectivity index (χ4n) is 9.65. The highest BCUT2D eigenvalue weighted by molar-refractivity contribution is 6.20. The highest BCUT2D eigenvalue weighted by atomic mass is 15.2. The molecule has 1 nitrogen and oxygen atoms in total. The van der Waals surface area contributed by atoms with E-state index in [4.69, 9.17) is 0 Å². The van der Waals surface area contributed by atoms with Crippen molar-refractivity contribution in [1.82, 2.24) is 0 Å². The predicted molar refractivity (Wildman–Crippen MR) is 237 cm³/mol. The van der Waals surface area contributed by atoms with Crippen molar-refractivity contribution in [2.45, 2.75) is 19.3 Å². The summed E-state index contributed by atoms with van der Waals surface area (Å²) in [5, 5.41) is 2.53. The maximum Gasteiger partial charge on any atom is 0.0625 e. The summed E-state index contributed by atoms with van der Waals surface area (Å²) < 4.78 is 0. The van der Waals surface area contributed by atoms with Crippen LogP contribution in [0.3, 0.4) is 0 Å². The molecule has 11 rings (SSSR count). The second-order valence-corrected chi connectivity index (χ2v) is 15.6. The molecule has 264 valence electrons. The number of benzene rings is 9. The van der Waals surface area contributed by atoms with Crippen LogP contribution in [-0.2, 0) is 5.41 Å². The topological polar surface area (TPSA) is 3.24 Å². The van der Waals surface area contributed by atoms with Crippen LogP contribution in [0.4, 0.5) is 17.1 Å². The van der Waals surface area contributed by atoms with Crippen molar-refractivity contribution in [1.29, 1.82) is 0 Å². The SMILES string of the molecule is CC1(C)c2ccccc2-c2cc(-c3ccc4c5c(cccc35)N(c3ccccc3)c3c-4ccc(-c4ccccc4)c3-c3ccccc3-c3ccccc3)ccc21. The molecule has 0 atom stereocenters. The molecule has 2 aliphatic rings. The van der Waals surface area contributed by atoms with Crippen molar-refractivity contribution in [3.8, 4) is 66.8 Å². The Morgan fingerprint density at radius 3 is 1.68 bits per heavy atom. The van der Waals surface area contributed by atoms with Gasteiger partial charge in [0.15, 0.2) is 0 Å². The van der Waals surface area contributed by atoms with Crippen molar-refractivity contribution in [3.63, 3.8) is 0 Å². The minimum atomic E-state index is -0.0281. The summed E-state index contributed by atoms with van der Waals surface area (Å²) in [6.45, 7) is 4.70. The van der Waals surface area contributed by atoms with Gasteiger partial charge in [-0.25, -0.2) is 0 Å². The molecule has 0 spiro atoms. The van der Waals surface area contributed by atoms with Crippen LogP contribution in [0.2, 0.25) is 0 Å². The number of hydrogen-bond acceptors (Lipinski definition) is 1. The van der Waals surface area contributed by atoms with Crippen LogP contribution in [0.15, 0.2) is 200 Å². The highest BCUT2D eigenvalue weighted by Gasteiger charge is 2.36. The third-order valence-electron chi connectivity index (χ3n) is 12.2. The van der Waals surface area contributed by atoms with Crippen molar-refractivity contribution in [2.24, 2.45) is 0 Å². The lowest BCUT2D eigenvalue weighted by atomic mass is 9.80. The maximum atomic E-state index is 2.53. The van der Waals surface area contributed by atoms with Gasteiger partial charge in [0, 0.05) is 27.6 Å². The van der Waals surface area contributed by atoms with Gasteiger partial charge < -0.3 is 4.90 Å². The molecule has 56 heavy (non-hydrogen) atoms. The molecular formula is C55H39N. The summed E-state index contributed by atoms with van der Waals surface area (Å²) in [5.74, 6) is 0. The fraction of sp³-hybridized carbons (Fsp3) is 0.0545. The Morgan fingerprint density at radius 2 is 0.929 bits per heavy atom. The second-order valence-electron chi connectivity index (χ2n) is 15.6. The van der Waals surface area contributed by atoms with E-state index in [-0.39, 0.29) is 5.41 Å². The van der Waals surface area contributed by atoms with Gasteiger partial charge in [0.2, 0.25) is 0 Å². The van der Waals surface area contributed by atoms with E-state index in [1.807, 2.05) is 0 Å². The fourth-order valence-corrected chi connectivity index (χ4v) is 9.65. The van der Waals surface area contributed by atoms with Crippen LogP contribution in [0, 0.1) is 0 Å². The van der Waals surface area contributed by atoms with Gasteiger partial charge in [-0.15, -0.1) is 0 Å². The number of hydrogen-bond donors (Lipinski definition) is 0. The van der Waals surface area contributed by atoms with E-state index in [9.17, 15) is 0 Å². The number of nitrogens with zero attached hydrogens (tertiary/aromatic N) is 1. The first kappa shape index (κ1) is 32.5. The molecule has 0 fully saturated rings. The lowest BCUT2D eigenvalue weighted by molar-refractivity contribution is 0.660. The smallest absolute Gasteiger partial charge is 0.0625 e. The summed E-state index contributed by atoms with van der Waals surface area (Å²) in [5.41, 5.74) is 21.2. The zero-order valence-corrected chi connectivity index (χ0v) is 31.5. The Bertz CT molecular complexity index is 2980. The summed E-state index contributed by atoms with van der Waals surface area (Å²) in [7, 11) is 0. The van der Waals surface area contributed by atoms with E-state index in [0.717, 1.165) is 5.69 Å². The molecule has 0 saturated carbocycles. The number of para-hydroxylation sites is 1. The first-order chi connectivity index (χ1) is 27.6. The molecule has 0 amide bonds. The highest BCUT2D eigenvalue weighted by Crippen LogP contribution is 2.58. The zero-order chi connectivity index (χ0) is 37.4. The molecule has 0 unspecified atom stereocenters. The van der Waals surface area contributed by atoms with Gasteiger partial charge in [-0.3, -0.25) is 0 Å². The van der Waals surface area contributed by atoms with E-state index in [0.29, 0.717) is 0 Å². The van der Waals surface area contributed by atoms with Gasteiger partial charge in [0.25, 0.3) is 0 Å². The average molecular weight is 714 g/mol. The third kappa shape index (κ3) is 4.81. The van der Waals surface area contributed by atoms with E-state index in [1.54, 1.807) is 0 Å². The summed E-state index contributed by atoms with van der Waals surface area (Å²) in [6, 6.07) is 73.9. The van der Waals surface area contributed by atoms with Crippen LogP contribution in [0.1, 0.15) is 25.0 Å². The predicted octanol–water partition coefficient (Wildman–Crippen LogP) is 15.3. The molecule has 9 aromatic carbocycles. The summed E-state index contributed by atoms with van der Waals surface area (Å²) in [4.78, 5) is 2.53. The molecule has 0 radical (unpaired) electrons. The molecule has 1 heteroatoms. The maximum absolute atomic E-state index is 2.53. The average Bonchev–Trinajstić information content (AvgIpc) is 3.49. The lowest BCUT2D eigenvalue weighted by Gasteiger charge is -2.37. The summed E-state index contributed by atoms with van der Waals surface area (Å²) in [6.07, 6.45) is 0.